The van der Waals surface area contributed by atoms with Crippen molar-refractivity contribution in [1.29, 1.82) is 0 Å². The molecule has 0 bridgehead atoms. The second kappa shape index (κ2) is 13.6. The Bertz CT molecular complexity index is 1330. The van der Waals surface area contributed by atoms with Gasteiger partial charge in [0.15, 0.2) is 0 Å². The van der Waals surface area contributed by atoms with Crippen molar-refractivity contribution in [3.05, 3.63) is 89.5 Å². The number of sulfonamides is 1. The lowest BCUT2D eigenvalue weighted by molar-refractivity contribution is -0.142. The Kier molecular flexibility index (Phi) is 10.5. The average Bonchev–Trinajstić information content (AvgIpc) is 2.94. The number of aliphatic hydroxyl groups excluding tert-OH is 1. The minimum atomic E-state index is -4.18. The number of carbonyl (C=O) groups excluding carboxylic acids is 1. The van der Waals surface area contributed by atoms with Gasteiger partial charge in [0.2, 0.25) is 0 Å². The van der Waals surface area contributed by atoms with Gasteiger partial charge in [0.05, 0.1) is 36.8 Å². The molecule has 1 amide bonds. The van der Waals surface area contributed by atoms with Crippen LogP contribution in [0, 0.1) is 6.92 Å². The summed E-state index contributed by atoms with van der Waals surface area (Å²) in [5, 5.41) is 24.3. The second-order valence-electron chi connectivity index (χ2n) is 9.28. The number of benzene rings is 3. The number of nitrogens with zero attached hydrogens (tertiary/aromatic N) is 1. The third-order valence-corrected chi connectivity index (χ3v) is 8.10. The summed E-state index contributed by atoms with van der Waals surface area (Å²) in [5.41, 5.74) is 1.48. The molecule has 0 spiro atoms. The molecule has 3 rings (SSSR count). The average molecular weight is 557 g/mol. The Balaban J connectivity index is 1.92. The number of phenols is 1. The van der Waals surface area contributed by atoms with E-state index in [9.17, 15) is 23.4 Å². The number of aliphatic hydroxyl groups is 1. The van der Waals surface area contributed by atoms with Gasteiger partial charge in [-0.05, 0) is 68.7 Å². The van der Waals surface area contributed by atoms with E-state index in [2.05, 4.69) is 5.32 Å². The van der Waals surface area contributed by atoms with Crippen molar-refractivity contribution in [2.75, 3.05) is 13.7 Å². The molecule has 9 nitrogen and oxygen atoms in total. The van der Waals surface area contributed by atoms with Gasteiger partial charge in [-0.1, -0.05) is 47.8 Å². The molecule has 10 heteroatoms. The largest absolute Gasteiger partial charge is 0.508 e. The molecule has 0 aromatic heterocycles. The van der Waals surface area contributed by atoms with Crippen LogP contribution in [0.15, 0.2) is 77.7 Å². The van der Waals surface area contributed by atoms with Crippen LogP contribution >= 0.6 is 0 Å². The van der Waals surface area contributed by atoms with E-state index in [0.717, 1.165) is 10.0 Å². The lowest BCUT2D eigenvalue weighted by atomic mass is 10.00. The number of hydroxylamine groups is 1. The van der Waals surface area contributed by atoms with Crippen LogP contribution in [0.4, 0.5) is 0 Å². The van der Waals surface area contributed by atoms with Crippen molar-refractivity contribution in [2.45, 2.75) is 56.8 Å². The lowest BCUT2D eigenvalue weighted by Gasteiger charge is -2.30. The van der Waals surface area contributed by atoms with Gasteiger partial charge < -0.3 is 20.3 Å². The summed E-state index contributed by atoms with van der Waals surface area (Å²) in [7, 11) is -2.69. The van der Waals surface area contributed by atoms with Crippen LogP contribution in [-0.2, 0) is 21.3 Å². The van der Waals surface area contributed by atoms with Crippen molar-refractivity contribution < 1.29 is 33.0 Å². The van der Waals surface area contributed by atoms with Crippen LogP contribution in [0.3, 0.4) is 0 Å². The van der Waals surface area contributed by atoms with Gasteiger partial charge in [-0.2, -0.15) is 0 Å². The predicted octanol–water partition coefficient (Wildman–Crippen LogP) is 3.83. The highest BCUT2D eigenvalue weighted by atomic mass is 32.2. The summed E-state index contributed by atoms with van der Waals surface area (Å²) in [5.74, 6) is -0.0337. The molecule has 3 aromatic rings. The Morgan fingerprint density at radius 2 is 1.69 bits per heavy atom. The molecule has 0 aliphatic heterocycles. The highest BCUT2D eigenvalue weighted by Crippen LogP contribution is 2.23. The zero-order chi connectivity index (χ0) is 28.6. The number of hydrogen-bond donors (Lipinski definition) is 3. The van der Waals surface area contributed by atoms with Gasteiger partial charge in [0.25, 0.3) is 15.9 Å². The smallest absolute Gasteiger partial charge is 0.265 e. The van der Waals surface area contributed by atoms with Crippen LogP contribution < -0.4 is 10.1 Å². The van der Waals surface area contributed by atoms with E-state index in [4.69, 9.17) is 9.57 Å². The molecular weight excluding hydrogens is 520 g/mol. The van der Waals surface area contributed by atoms with Gasteiger partial charge in [0, 0.05) is 11.1 Å². The number of nitrogens with one attached hydrogen (secondary N) is 1. The van der Waals surface area contributed by atoms with E-state index in [0.29, 0.717) is 17.7 Å². The maximum Gasteiger partial charge on any atom is 0.265 e. The first kappa shape index (κ1) is 30.1. The molecule has 3 N–H and O–H groups in total. The zero-order valence-electron chi connectivity index (χ0n) is 22.6. The number of hydrogen-bond acceptors (Lipinski definition) is 7. The number of rotatable bonds is 13. The predicted molar refractivity (Wildman–Crippen MR) is 148 cm³/mol. The lowest BCUT2D eigenvalue weighted by Crippen LogP contribution is -2.51. The molecule has 210 valence electrons. The molecule has 0 heterocycles. The molecule has 0 saturated carbocycles. The SMILES string of the molecule is CCC(C)ON(C[C@@H](O)[C@H](Cc1ccccc1)NC(=O)c1cccc(O)c1C)S(=O)(=O)c1ccc(OC)cc1. The standard InChI is InChI=1S/C29H36N2O7S/c1-5-20(2)38-31(39(35,36)24-16-14-23(37-4)15-17-24)19-28(33)26(18-22-10-7-6-8-11-22)30-29(34)25-12-9-13-27(32)21(25)3/h6-17,20,26,28,32-33H,5,18-19H2,1-4H3,(H,30,34)/t20?,26-,28+/m0/s1. The molecule has 0 radical (unpaired) electrons. The van der Waals surface area contributed by atoms with Crippen molar-refractivity contribution in [3.63, 3.8) is 0 Å². The molecule has 0 fully saturated rings. The number of aromatic hydroxyl groups is 1. The van der Waals surface area contributed by atoms with Crippen molar-refractivity contribution >= 4 is 15.9 Å². The van der Waals surface area contributed by atoms with Gasteiger partial charge >= 0.3 is 0 Å². The fourth-order valence-corrected chi connectivity index (χ4v) is 5.21. The fourth-order valence-electron chi connectivity index (χ4n) is 3.89. The van der Waals surface area contributed by atoms with Gasteiger partial charge in [-0.25, -0.2) is 8.42 Å². The number of methoxy groups -OCH3 is 1. The summed E-state index contributed by atoms with van der Waals surface area (Å²) < 4.78 is 33.0. The van der Waals surface area contributed by atoms with E-state index < -0.39 is 40.7 Å². The maximum atomic E-state index is 13.6. The van der Waals surface area contributed by atoms with Crippen LogP contribution in [0.5, 0.6) is 11.5 Å². The van der Waals surface area contributed by atoms with E-state index in [-0.39, 0.29) is 22.6 Å². The summed E-state index contributed by atoms with van der Waals surface area (Å²) in [6, 6.07) is 18.8. The van der Waals surface area contributed by atoms with E-state index in [1.807, 2.05) is 37.3 Å². The normalized spacial score (nSPS) is 14.0. The highest BCUT2D eigenvalue weighted by Gasteiger charge is 2.33. The first-order valence-electron chi connectivity index (χ1n) is 12.7. The van der Waals surface area contributed by atoms with Crippen molar-refractivity contribution in [2.24, 2.45) is 0 Å². The molecule has 39 heavy (non-hydrogen) atoms. The first-order valence-corrected chi connectivity index (χ1v) is 14.2. The van der Waals surface area contributed by atoms with E-state index >= 15 is 0 Å². The molecule has 3 atom stereocenters. The summed E-state index contributed by atoms with van der Waals surface area (Å²) in [6.45, 7) is 4.78. The van der Waals surface area contributed by atoms with Crippen LogP contribution in [0.1, 0.15) is 41.8 Å². The quantitative estimate of drug-likeness (QED) is 0.273. The Hall–Kier alpha value is -3.44. The summed E-state index contributed by atoms with van der Waals surface area (Å²) >= 11 is 0. The maximum absolute atomic E-state index is 13.6. The monoisotopic (exact) mass is 556 g/mol. The topological polar surface area (TPSA) is 125 Å². The van der Waals surface area contributed by atoms with E-state index in [1.54, 1.807) is 26.0 Å². The minimum Gasteiger partial charge on any atom is -0.508 e. The minimum absolute atomic E-state index is 0.0264. The molecule has 1 unspecified atom stereocenters. The van der Waals surface area contributed by atoms with Gasteiger partial charge in [0.1, 0.15) is 11.5 Å². The fraction of sp³-hybridized carbons (Fsp3) is 0.345. The van der Waals surface area contributed by atoms with E-state index in [1.165, 1.54) is 37.4 Å². The van der Waals surface area contributed by atoms with Crippen molar-refractivity contribution in [3.8, 4) is 11.5 Å². The van der Waals surface area contributed by atoms with Crippen LogP contribution in [0.25, 0.3) is 0 Å². The summed E-state index contributed by atoms with van der Waals surface area (Å²) in [6.07, 6.45) is -1.04. The number of amides is 1. The highest BCUT2D eigenvalue weighted by molar-refractivity contribution is 7.89. The van der Waals surface area contributed by atoms with Crippen LogP contribution in [-0.4, -0.2) is 60.9 Å². The first-order chi connectivity index (χ1) is 18.6. The Morgan fingerprint density at radius 3 is 2.31 bits per heavy atom. The molecule has 3 aromatic carbocycles. The second-order valence-corrected chi connectivity index (χ2v) is 11.1. The third kappa shape index (κ3) is 7.79. The Morgan fingerprint density at radius 1 is 1.03 bits per heavy atom. The zero-order valence-corrected chi connectivity index (χ0v) is 23.4. The van der Waals surface area contributed by atoms with Gasteiger partial charge in [-0.3, -0.25) is 9.63 Å². The molecular formula is C29H36N2O7S. The molecule has 0 saturated heterocycles. The number of carbonyl (C=O) groups is 1. The Labute approximate surface area is 230 Å². The summed E-state index contributed by atoms with van der Waals surface area (Å²) in [4.78, 5) is 19.0. The number of ether oxygens (including phenoxy) is 1. The third-order valence-electron chi connectivity index (χ3n) is 6.46. The molecule has 0 aliphatic rings. The van der Waals surface area contributed by atoms with Crippen LogP contribution in [0.2, 0.25) is 0 Å². The molecule has 0 aliphatic carbocycles. The van der Waals surface area contributed by atoms with Crippen molar-refractivity contribution in [1.82, 2.24) is 9.79 Å². The number of phenolic OH excluding ortho intramolecular Hbond substituents is 1. The van der Waals surface area contributed by atoms with Gasteiger partial charge in [-0.15, -0.1) is 0 Å².